The number of amides is 1. The van der Waals surface area contributed by atoms with Crippen LogP contribution >= 0.6 is 0 Å². The van der Waals surface area contributed by atoms with Crippen molar-refractivity contribution < 1.29 is 14.3 Å². The van der Waals surface area contributed by atoms with Crippen LogP contribution in [-0.2, 0) is 9.47 Å². The van der Waals surface area contributed by atoms with Crippen molar-refractivity contribution in [2.75, 3.05) is 60.0 Å². The molecule has 0 aromatic carbocycles. The number of ether oxygens (including phenoxy) is 2. The molecule has 8 heteroatoms. The molecule has 0 aromatic heterocycles. The van der Waals surface area contributed by atoms with E-state index in [1.165, 1.54) is 0 Å². The van der Waals surface area contributed by atoms with Gasteiger partial charge in [0.15, 0.2) is 5.96 Å². The molecule has 0 aromatic rings. The van der Waals surface area contributed by atoms with Gasteiger partial charge in [0.25, 0.3) is 0 Å². The van der Waals surface area contributed by atoms with Crippen molar-refractivity contribution in [2.45, 2.75) is 59.1 Å². The molecule has 29 heavy (non-hydrogen) atoms. The number of methoxy groups -OCH3 is 1. The molecule has 8 nitrogen and oxygen atoms in total. The smallest absolute Gasteiger partial charge is 0.410 e. The van der Waals surface area contributed by atoms with E-state index in [4.69, 9.17) is 14.5 Å². The molecule has 0 saturated carbocycles. The summed E-state index contributed by atoms with van der Waals surface area (Å²) in [6.07, 6.45) is 1.91. The Morgan fingerprint density at radius 3 is 2.52 bits per heavy atom. The molecule has 0 aliphatic carbocycles. The second kappa shape index (κ2) is 12.9. The highest BCUT2D eigenvalue weighted by molar-refractivity contribution is 5.80. The monoisotopic (exact) mass is 413 g/mol. The zero-order valence-corrected chi connectivity index (χ0v) is 19.6. The van der Waals surface area contributed by atoms with Gasteiger partial charge in [-0.3, -0.25) is 4.99 Å². The van der Waals surface area contributed by atoms with Crippen molar-refractivity contribution in [2.24, 2.45) is 10.9 Å². The first-order valence-electron chi connectivity index (χ1n) is 10.8. The summed E-state index contributed by atoms with van der Waals surface area (Å²) in [6, 6.07) is 0.436. The number of hydrogen-bond acceptors (Lipinski definition) is 5. The van der Waals surface area contributed by atoms with Crippen LogP contribution in [-0.4, -0.2) is 93.5 Å². The zero-order valence-electron chi connectivity index (χ0n) is 19.6. The average Bonchev–Trinajstić information content (AvgIpc) is 2.64. The lowest BCUT2D eigenvalue weighted by Crippen LogP contribution is -2.49. The maximum atomic E-state index is 12.1. The highest BCUT2D eigenvalue weighted by atomic mass is 16.6. The van der Waals surface area contributed by atoms with E-state index >= 15 is 0 Å². The zero-order chi connectivity index (χ0) is 21.9. The Morgan fingerprint density at radius 1 is 1.31 bits per heavy atom. The third-order valence-corrected chi connectivity index (χ3v) is 4.74. The van der Waals surface area contributed by atoms with Crippen LogP contribution in [0.1, 0.15) is 47.5 Å². The van der Waals surface area contributed by atoms with Gasteiger partial charge in [-0.25, -0.2) is 4.79 Å². The predicted octanol–water partition coefficient (Wildman–Crippen LogP) is 2.16. The number of carbonyl (C=O) groups is 1. The van der Waals surface area contributed by atoms with E-state index < -0.39 is 5.60 Å². The molecule has 1 atom stereocenters. The average molecular weight is 414 g/mol. The Labute approximate surface area is 177 Å². The van der Waals surface area contributed by atoms with Crippen LogP contribution < -0.4 is 10.6 Å². The molecule has 1 rings (SSSR count). The summed E-state index contributed by atoms with van der Waals surface area (Å²) in [5.41, 5.74) is -0.478. The number of piperidine rings is 1. The van der Waals surface area contributed by atoms with Crippen LogP contribution in [0.25, 0.3) is 0 Å². The molecule has 1 unspecified atom stereocenters. The molecule has 170 valence electrons. The number of nitrogens with zero attached hydrogens (tertiary/aromatic N) is 3. The van der Waals surface area contributed by atoms with Crippen molar-refractivity contribution in [1.29, 1.82) is 0 Å². The molecule has 1 amide bonds. The molecule has 1 saturated heterocycles. The van der Waals surface area contributed by atoms with Gasteiger partial charge in [0.2, 0.25) is 0 Å². The second-order valence-corrected chi connectivity index (χ2v) is 8.94. The number of carbonyl (C=O) groups excluding carboxylic acids is 1. The minimum Gasteiger partial charge on any atom is -0.444 e. The molecular formula is C21H43N5O3. The molecule has 0 radical (unpaired) electrons. The van der Waals surface area contributed by atoms with Gasteiger partial charge in [-0.15, -0.1) is 0 Å². The minimum atomic E-state index is -0.478. The Balaban J connectivity index is 2.45. The van der Waals surface area contributed by atoms with Crippen molar-refractivity contribution in [3.8, 4) is 0 Å². The lowest BCUT2D eigenvalue weighted by Gasteiger charge is -2.33. The number of hydrogen-bond donors (Lipinski definition) is 2. The van der Waals surface area contributed by atoms with Gasteiger partial charge in [-0.2, -0.15) is 0 Å². The van der Waals surface area contributed by atoms with Crippen molar-refractivity contribution in [1.82, 2.24) is 20.4 Å². The van der Waals surface area contributed by atoms with Crippen LogP contribution in [0.15, 0.2) is 4.99 Å². The van der Waals surface area contributed by atoms with E-state index in [0.29, 0.717) is 19.1 Å². The maximum Gasteiger partial charge on any atom is 0.410 e. The van der Waals surface area contributed by atoms with Crippen molar-refractivity contribution in [3.05, 3.63) is 0 Å². The van der Waals surface area contributed by atoms with E-state index in [0.717, 1.165) is 51.6 Å². The van der Waals surface area contributed by atoms with E-state index in [2.05, 4.69) is 29.4 Å². The summed E-state index contributed by atoms with van der Waals surface area (Å²) < 4.78 is 10.6. The van der Waals surface area contributed by atoms with Gasteiger partial charge in [-0.1, -0.05) is 6.92 Å². The van der Waals surface area contributed by atoms with Crippen molar-refractivity contribution in [3.63, 3.8) is 0 Å². The molecule has 0 spiro atoms. The second-order valence-electron chi connectivity index (χ2n) is 8.94. The summed E-state index contributed by atoms with van der Waals surface area (Å²) in [5.74, 6) is 1.09. The number of nitrogens with one attached hydrogen (secondary N) is 2. The summed E-state index contributed by atoms with van der Waals surface area (Å²) in [7, 11) is 3.52. The maximum absolute atomic E-state index is 12.1. The Kier molecular flexibility index (Phi) is 11.3. The summed E-state index contributed by atoms with van der Waals surface area (Å²) >= 11 is 0. The third-order valence-electron chi connectivity index (χ3n) is 4.74. The first-order valence-corrected chi connectivity index (χ1v) is 10.8. The highest BCUT2D eigenvalue weighted by Gasteiger charge is 2.22. The van der Waals surface area contributed by atoms with Crippen molar-refractivity contribution >= 4 is 12.1 Å². The largest absolute Gasteiger partial charge is 0.444 e. The van der Waals surface area contributed by atoms with E-state index in [-0.39, 0.29) is 12.0 Å². The first kappa shape index (κ1) is 25.5. The quantitative estimate of drug-likeness (QED) is 0.445. The normalized spacial score (nSPS) is 17.7. The van der Waals surface area contributed by atoms with Crippen LogP contribution in [0.3, 0.4) is 0 Å². The van der Waals surface area contributed by atoms with Gasteiger partial charge >= 0.3 is 6.09 Å². The lowest BCUT2D eigenvalue weighted by atomic mass is 10.1. The molecule has 0 bridgehead atoms. The fraction of sp³-hybridized carbons (Fsp3) is 0.905. The van der Waals surface area contributed by atoms with Crippen LogP contribution in [0, 0.1) is 5.92 Å². The SMILES string of the molecule is CCNC(=NCC(C)CN(C)C(=O)OC(C)(C)C)NC1CCN(CCOC)CC1. The van der Waals surface area contributed by atoms with Gasteiger partial charge in [0.05, 0.1) is 6.61 Å². The molecule has 1 aliphatic heterocycles. The fourth-order valence-electron chi connectivity index (χ4n) is 3.22. The molecule has 1 fully saturated rings. The summed E-state index contributed by atoms with van der Waals surface area (Å²) in [5, 5.41) is 6.91. The Bertz CT molecular complexity index is 499. The Hall–Kier alpha value is -1.54. The van der Waals surface area contributed by atoms with E-state index in [1.54, 1.807) is 19.1 Å². The number of aliphatic imine (C=N–C) groups is 1. The topological polar surface area (TPSA) is 78.4 Å². The number of guanidine groups is 1. The van der Waals surface area contributed by atoms with Crippen LogP contribution in [0.4, 0.5) is 4.79 Å². The minimum absolute atomic E-state index is 0.235. The molecule has 1 aliphatic rings. The van der Waals surface area contributed by atoms with Crippen LogP contribution in [0.5, 0.6) is 0 Å². The number of likely N-dealkylation sites (tertiary alicyclic amines) is 1. The lowest BCUT2D eigenvalue weighted by molar-refractivity contribution is 0.0279. The fourth-order valence-corrected chi connectivity index (χ4v) is 3.22. The third kappa shape index (κ3) is 11.3. The molecule has 2 N–H and O–H groups in total. The van der Waals surface area contributed by atoms with E-state index in [1.807, 2.05) is 20.8 Å². The Morgan fingerprint density at radius 2 is 1.97 bits per heavy atom. The number of rotatable bonds is 9. The summed E-state index contributed by atoms with van der Waals surface area (Å²) in [6.45, 7) is 15.8. The van der Waals surface area contributed by atoms with Gasteiger partial charge in [-0.05, 0) is 46.5 Å². The summed E-state index contributed by atoms with van der Waals surface area (Å²) in [4.78, 5) is 20.9. The first-order chi connectivity index (χ1) is 13.6. The molecular weight excluding hydrogens is 370 g/mol. The van der Waals surface area contributed by atoms with Crippen LogP contribution in [0.2, 0.25) is 0 Å². The van der Waals surface area contributed by atoms with Gasteiger partial charge < -0.3 is 29.9 Å². The highest BCUT2D eigenvalue weighted by Crippen LogP contribution is 2.11. The van der Waals surface area contributed by atoms with E-state index in [9.17, 15) is 4.79 Å². The van der Waals surface area contributed by atoms with Gasteiger partial charge in [0.1, 0.15) is 5.60 Å². The predicted molar refractivity (Wildman–Crippen MR) is 118 cm³/mol. The molecule has 1 heterocycles. The van der Waals surface area contributed by atoms with Gasteiger partial charge in [0, 0.05) is 59.5 Å². The standard InChI is InChI=1S/C21H43N5O3/c1-8-22-19(24-18-9-11-26(12-10-18)13-14-28-7)23-15-17(2)16-25(6)20(27)29-21(3,4)5/h17-18H,8-16H2,1-7H3,(H2,22,23,24).